The maximum Gasteiger partial charge on any atom is 0.275 e. The molecule has 1 fully saturated rings. The van der Waals surface area contributed by atoms with Crippen LogP contribution in [0.25, 0.3) is 0 Å². The smallest absolute Gasteiger partial charge is 0.275 e. The molecule has 0 aromatic carbocycles. The van der Waals surface area contributed by atoms with Crippen molar-refractivity contribution >= 4 is 15.7 Å². The number of piperidine rings is 1. The average molecular weight is 342 g/mol. The summed E-state index contributed by atoms with van der Waals surface area (Å²) in [7, 11) is -3.22. The highest BCUT2D eigenvalue weighted by molar-refractivity contribution is 7.89. The fraction of sp³-hybridized carbons (Fsp3) is 0.750. The third-order valence-electron chi connectivity index (χ3n) is 4.21. The van der Waals surface area contributed by atoms with Crippen molar-refractivity contribution < 1.29 is 17.6 Å². The van der Waals surface area contributed by atoms with E-state index in [0.717, 1.165) is 38.1 Å². The number of aromatic nitrogens is 1. The Hall–Kier alpha value is -1.37. The maximum atomic E-state index is 12.4. The van der Waals surface area contributed by atoms with Gasteiger partial charge in [-0.1, -0.05) is 26.7 Å². The summed E-state index contributed by atoms with van der Waals surface area (Å²) in [5, 5.41) is 0. The molecule has 1 aliphatic rings. The number of oxazole rings is 1. The third-order valence-corrected chi connectivity index (χ3v) is 4.98. The number of carbonyl (C=O) groups is 1. The molecule has 0 radical (unpaired) electrons. The lowest BCUT2D eigenvalue weighted by Crippen LogP contribution is -2.38. The van der Waals surface area contributed by atoms with Gasteiger partial charge in [-0.25, -0.2) is 13.4 Å². The fourth-order valence-corrected chi connectivity index (χ4v) is 3.44. The van der Waals surface area contributed by atoms with Gasteiger partial charge in [-0.3, -0.25) is 4.79 Å². The molecule has 1 aliphatic heterocycles. The molecule has 1 saturated heterocycles. The van der Waals surface area contributed by atoms with E-state index >= 15 is 0 Å². The van der Waals surface area contributed by atoms with E-state index in [1.54, 1.807) is 4.90 Å². The Labute approximate surface area is 138 Å². The summed E-state index contributed by atoms with van der Waals surface area (Å²) in [6.07, 6.45) is 6.87. The Balaban J connectivity index is 1.87. The van der Waals surface area contributed by atoms with Crippen molar-refractivity contribution in [2.75, 3.05) is 19.3 Å². The highest BCUT2D eigenvalue weighted by atomic mass is 32.2. The molecule has 23 heavy (non-hydrogen) atoms. The van der Waals surface area contributed by atoms with Crippen LogP contribution in [0.1, 0.15) is 55.9 Å². The van der Waals surface area contributed by atoms with Crippen LogP contribution in [0.3, 0.4) is 0 Å². The zero-order valence-electron chi connectivity index (χ0n) is 14.1. The lowest BCUT2D eigenvalue weighted by atomic mass is 9.89. The summed E-state index contributed by atoms with van der Waals surface area (Å²) in [5.41, 5.74) is 0.198. The van der Waals surface area contributed by atoms with E-state index in [-0.39, 0.29) is 23.2 Å². The van der Waals surface area contributed by atoms with Gasteiger partial charge >= 0.3 is 0 Å². The fourth-order valence-electron chi connectivity index (χ4n) is 2.86. The monoisotopic (exact) mass is 342 g/mol. The van der Waals surface area contributed by atoms with Crippen LogP contribution < -0.4 is 0 Å². The zero-order valence-corrected chi connectivity index (χ0v) is 14.9. The Morgan fingerprint density at radius 1 is 1.39 bits per heavy atom. The lowest BCUT2D eigenvalue weighted by Gasteiger charge is -2.31. The second kappa shape index (κ2) is 7.47. The number of hydrogen-bond donors (Lipinski definition) is 0. The van der Waals surface area contributed by atoms with Gasteiger partial charge in [-0.2, -0.15) is 0 Å². The predicted octanol–water partition coefficient (Wildman–Crippen LogP) is 2.51. The minimum Gasteiger partial charge on any atom is -0.447 e. The zero-order chi connectivity index (χ0) is 17.0. The Morgan fingerprint density at radius 3 is 2.61 bits per heavy atom. The van der Waals surface area contributed by atoms with Crippen LogP contribution in [0.2, 0.25) is 0 Å². The molecule has 0 bridgehead atoms. The van der Waals surface area contributed by atoms with E-state index < -0.39 is 9.84 Å². The Kier molecular flexibility index (Phi) is 5.84. The molecule has 0 N–H and O–H groups in total. The van der Waals surface area contributed by atoms with Crippen LogP contribution in [-0.2, 0) is 15.6 Å². The van der Waals surface area contributed by atoms with E-state index in [4.69, 9.17) is 4.42 Å². The van der Waals surface area contributed by atoms with Crippen LogP contribution >= 0.6 is 0 Å². The first-order chi connectivity index (χ1) is 10.7. The molecule has 0 spiro atoms. The predicted molar refractivity (Wildman–Crippen MR) is 87.8 cm³/mol. The van der Waals surface area contributed by atoms with Crippen LogP contribution in [-0.4, -0.2) is 43.6 Å². The quantitative estimate of drug-likeness (QED) is 0.793. The van der Waals surface area contributed by atoms with Crippen molar-refractivity contribution in [3.8, 4) is 0 Å². The van der Waals surface area contributed by atoms with Gasteiger partial charge in [0.1, 0.15) is 12.0 Å². The molecule has 0 saturated carbocycles. The van der Waals surface area contributed by atoms with Crippen LogP contribution in [0.15, 0.2) is 10.7 Å². The normalized spacial score (nSPS) is 17.0. The topological polar surface area (TPSA) is 80.5 Å². The molecule has 0 atom stereocenters. The minimum atomic E-state index is -3.22. The molecule has 0 unspecified atom stereocenters. The molecule has 130 valence electrons. The first-order valence-electron chi connectivity index (χ1n) is 8.16. The van der Waals surface area contributed by atoms with Crippen LogP contribution in [0, 0.1) is 11.8 Å². The average Bonchev–Trinajstić information content (AvgIpc) is 2.91. The van der Waals surface area contributed by atoms with Crippen molar-refractivity contribution in [1.82, 2.24) is 9.88 Å². The number of rotatable bonds is 6. The maximum absolute atomic E-state index is 12.4. The molecule has 1 aromatic rings. The number of hydrogen-bond acceptors (Lipinski definition) is 5. The number of sulfone groups is 1. The second-order valence-electron chi connectivity index (χ2n) is 6.90. The summed E-state index contributed by atoms with van der Waals surface area (Å²) in [6.45, 7) is 5.93. The standard InChI is InChI=1S/C16H26N2O4S/c1-12(2)4-5-13-6-8-18(9-7-13)16(19)14-10-22-15(17-14)11-23(3,20)21/h10,12-13H,4-9,11H2,1-3H3. The van der Waals surface area contributed by atoms with E-state index in [9.17, 15) is 13.2 Å². The third kappa shape index (κ3) is 5.64. The van der Waals surface area contributed by atoms with Crippen LogP contribution in [0.5, 0.6) is 0 Å². The van der Waals surface area contributed by atoms with Crippen molar-refractivity contribution in [1.29, 1.82) is 0 Å². The molecule has 2 heterocycles. The Bertz CT molecular complexity index is 628. The van der Waals surface area contributed by atoms with Gasteiger partial charge in [-0.15, -0.1) is 0 Å². The van der Waals surface area contributed by atoms with E-state index in [0.29, 0.717) is 5.92 Å². The molecule has 7 heteroatoms. The number of carbonyl (C=O) groups excluding carboxylic acids is 1. The van der Waals surface area contributed by atoms with Crippen molar-refractivity contribution in [2.24, 2.45) is 11.8 Å². The van der Waals surface area contributed by atoms with Gasteiger partial charge in [0.15, 0.2) is 15.5 Å². The summed E-state index contributed by atoms with van der Waals surface area (Å²) in [4.78, 5) is 18.2. The molecule has 2 rings (SSSR count). The lowest BCUT2D eigenvalue weighted by molar-refractivity contribution is 0.0678. The minimum absolute atomic E-state index is 0.0719. The molecular weight excluding hydrogens is 316 g/mol. The molecular formula is C16H26N2O4S. The second-order valence-corrected chi connectivity index (χ2v) is 9.04. The molecule has 1 aromatic heterocycles. The van der Waals surface area contributed by atoms with Gasteiger partial charge in [0.25, 0.3) is 5.91 Å². The Morgan fingerprint density at radius 2 is 2.04 bits per heavy atom. The van der Waals surface area contributed by atoms with Crippen molar-refractivity contribution in [3.05, 3.63) is 17.8 Å². The van der Waals surface area contributed by atoms with Gasteiger partial charge in [0.2, 0.25) is 5.89 Å². The molecule has 1 amide bonds. The van der Waals surface area contributed by atoms with Crippen molar-refractivity contribution in [2.45, 2.75) is 45.3 Å². The van der Waals surface area contributed by atoms with E-state index in [1.165, 1.54) is 19.1 Å². The summed E-state index contributed by atoms with van der Waals surface area (Å²) in [5.74, 6) is 1.04. The van der Waals surface area contributed by atoms with Gasteiger partial charge in [-0.05, 0) is 24.7 Å². The number of likely N-dealkylation sites (tertiary alicyclic amines) is 1. The largest absolute Gasteiger partial charge is 0.447 e. The SMILES string of the molecule is CC(C)CCC1CCN(C(=O)c2coc(CS(C)(=O)=O)n2)CC1. The first kappa shape index (κ1) is 18.0. The summed E-state index contributed by atoms with van der Waals surface area (Å²) < 4.78 is 27.6. The van der Waals surface area contributed by atoms with Gasteiger partial charge < -0.3 is 9.32 Å². The van der Waals surface area contributed by atoms with E-state index in [1.807, 2.05) is 0 Å². The summed E-state index contributed by atoms with van der Waals surface area (Å²) in [6, 6.07) is 0. The summed E-state index contributed by atoms with van der Waals surface area (Å²) >= 11 is 0. The molecule has 0 aliphatic carbocycles. The highest BCUT2D eigenvalue weighted by Crippen LogP contribution is 2.24. The van der Waals surface area contributed by atoms with Crippen LogP contribution in [0.4, 0.5) is 0 Å². The highest BCUT2D eigenvalue weighted by Gasteiger charge is 2.26. The van der Waals surface area contributed by atoms with Gasteiger partial charge in [0.05, 0.1) is 0 Å². The number of nitrogens with zero attached hydrogens (tertiary/aromatic N) is 2. The van der Waals surface area contributed by atoms with E-state index in [2.05, 4.69) is 18.8 Å². The first-order valence-corrected chi connectivity index (χ1v) is 10.2. The van der Waals surface area contributed by atoms with Gasteiger partial charge in [0, 0.05) is 19.3 Å². The number of amides is 1. The molecule has 6 nitrogen and oxygen atoms in total. The van der Waals surface area contributed by atoms with Crippen molar-refractivity contribution in [3.63, 3.8) is 0 Å².